The van der Waals surface area contributed by atoms with Crippen LogP contribution in [0.4, 0.5) is 5.69 Å². The van der Waals surface area contributed by atoms with Crippen LogP contribution in [0.1, 0.15) is 13.8 Å². The Morgan fingerprint density at radius 1 is 1.47 bits per heavy atom. The fraction of sp³-hybridized carbons (Fsp3) is 0.455. The number of hydrogen-bond acceptors (Lipinski definition) is 3. The number of hydrogen-bond donors (Lipinski definition) is 1. The van der Waals surface area contributed by atoms with E-state index in [1.807, 2.05) is 12.1 Å². The van der Waals surface area contributed by atoms with Gasteiger partial charge in [-0.2, -0.15) is 0 Å². The van der Waals surface area contributed by atoms with E-state index in [-0.39, 0.29) is 5.60 Å². The number of fused-ring (bicyclic) bond motifs is 1. The van der Waals surface area contributed by atoms with Crippen molar-refractivity contribution in [2.45, 2.75) is 19.4 Å². The molecule has 4 heteroatoms. The van der Waals surface area contributed by atoms with Crippen LogP contribution in [0.5, 0.6) is 11.5 Å². The van der Waals surface area contributed by atoms with Crippen LogP contribution < -0.4 is 14.8 Å². The SMILES string of the molecule is COc1cc2c(cc1Br)OC(C)(C)CN2. The molecule has 0 atom stereocenters. The smallest absolute Gasteiger partial charge is 0.144 e. The van der Waals surface area contributed by atoms with E-state index in [4.69, 9.17) is 9.47 Å². The summed E-state index contributed by atoms with van der Waals surface area (Å²) >= 11 is 3.44. The summed E-state index contributed by atoms with van der Waals surface area (Å²) in [5, 5.41) is 3.33. The minimum atomic E-state index is -0.166. The highest BCUT2D eigenvalue weighted by molar-refractivity contribution is 9.10. The van der Waals surface area contributed by atoms with Crippen LogP contribution in [0.2, 0.25) is 0 Å². The van der Waals surface area contributed by atoms with E-state index in [2.05, 4.69) is 35.1 Å². The van der Waals surface area contributed by atoms with Crippen molar-refractivity contribution in [3.8, 4) is 11.5 Å². The number of nitrogens with one attached hydrogen (secondary N) is 1. The van der Waals surface area contributed by atoms with Gasteiger partial charge in [-0.25, -0.2) is 0 Å². The van der Waals surface area contributed by atoms with Crippen LogP contribution >= 0.6 is 15.9 Å². The van der Waals surface area contributed by atoms with Gasteiger partial charge >= 0.3 is 0 Å². The molecule has 1 aliphatic rings. The highest BCUT2D eigenvalue weighted by Gasteiger charge is 2.27. The third kappa shape index (κ3) is 2.04. The summed E-state index contributed by atoms with van der Waals surface area (Å²) in [5.74, 6) is 1.67. The average Bonchev–Trinajstić information content (AvgIpc) is 2.15. The number of methoxy groups -OCH3 is 1. The van der Waals surface area contributed by atoms with Crippen molar-refractivity contribution >= 4 is 21.6 Å². The summed E-state index contributed by atoms with van der Waals surface area (Å²) in [6.07, 6.45) is 0. The number of rotatable bonds is 1. The fourth-order valence-electron chi connectivity index (χ4n) is 1.56. The number of anilines is 1. The second-order valence-electron chi connectivity index (χ2n) is 4.20. The van der Waals surface area contributed by atoms with Gasteiger partial charge in [-0.3, -0.25) is 0 Å². The molecular weight excluding hydrogens is 258 g/mol. The van der Waals surface area contributed by atoms with E-state index in [1.165, 1.54) is 0 Å². The first-order valence-electron chi connectivity index (χ1n) is 4.82. The Hall–Kier alpha value is -0.900. The van der Waals surface area contributed by atoms with Crippen molar-refractivity contribution in [2.24, 2.45) is 0 Å². The lowest BCUT2D eigenvalue weighted by Gasteiger charge is -2.33. The monoisotopic (exact) mass is 271 g/mol. The van der Waals surface area contributed by atoms with Gasteiger partial charge in [-0.05, 0) is 29.8 Å². The molecule has 3 nitrogen and oxygen atoms in total. The molecule has 0 bridgehead atoms. The Kier molecular flexibility index (Phi) is 2.54. The highest BCUT2D eigenvalue weighted by Crippen LogP contribution is 2.40. The van der Waals surface area contributed by atoms with Gasteiger partial charge in [0.2, 0.25) is 0 Å². The maximum atomic E-state index is 5.85. The van der Waals surface area contributed by atoms with E-state index in [1.54, 1.807) is 7.11 Å². The molecule has 15 heavy (non-hydrogen) atoms. The quantitative estimate of drug-likeness (QED) is 0.852. The zero-order valence-electron chi connectivity index (χ0n) is 9.06. The molecule has 0 aliphatic carbocycles. The molecule has 82 valence electrons. The molecule has 1 N–H and O–H groups in total. The maximum Gasteiger partial charge on any atom is 0.144 e. The topological polar surface area (TPSA) is 30.5 Å². The summed E-state index contributed by atoms with van der Waals surface area (Å²) in [6, 6.07) is 3.87. The largest absolute Gasteiger partial charge is 0.495 e. The van der Waals surface area contributed by atoms with Gasteiger partial charge < -0.3 is 14.8 Å². The molecule has 1 heterocycles. The molecule has 0 radical (unpaired) electrons. The molecule has 0 amide bonds. The lowest BCUT2D eigenvalue weighted by Crippen LogP contribution is -2.39. The van der Waals surface area contributed by atoms with Crippen LogP contribution in [0.15, 0.2) is 16.6 Å². The van der Waals surface area contributed by atoms with E-state index in [0.717, 1.165) is 28.2 Å². The van der Waals surface area contributed by atoms with Crippen LogP contribution in [-0.2, 0) is 0 Å². The van der Waals surface area contributed by atoms with E-state index in [9.17, 15) is 0 Å². The van der Waals surface area contributed by atoms with Gasteiger partial charge in [0.1, 0.15) is 17.1 Å². The van der Waals surface area contributed by atoms with Crippen molar-refractivity contribution in [2.75, 3.05) is 19.0 Å². The molecular formula is C11H14BrNO2. The van der Waals surface area contributed by atoms with Crippen LogP contribution in [0, 0.1) is 0 Å². The summed E-state index contributed by atoms with van der Waals surface area (Å²) in [6.45, 7) is 4.91. The third-order valence-electron chi connectivity index (χ3n) is 2.34. The van der Waals surface area contributed by atoms with Crippen molar-refractivity contribution in [1.29, 1.82) is 0 Å². The first-order chi connectivity index (χ1) is 7.02. The maximum absolute atomic E-state index is 5.85. The second-order valence-corrected chi connectivity index (χ2v) is 5.05. The Morgan fingerprint density at radius 3 is 2.87 bits per heavy atom. The molecule has 0 spiro atoms. The Balaban J connectivity index is 2.41. The summed E-state index contributed by atoms with van der Waals surface area (Å²) in [7, 11) is 1.65. The lowest BCUT2D eigenvalue weighted by atomic mass is 10.1. The first kappa shape index (κ1) is 10.6. The van der Waals surface area contributed by atoms with Crippen LogP contribution in [-0.4, -0.2) is 19.3 Å². The van der Waals surface area contributed by atoms with Crippen molar-refractivity contribution in [3.05, 3.63) is 16.6 Å². The zero-order valence-corrected chi connectivity index (χ0v) is 10.6. The van der Waals surface area contributed by atoms with E-state index < -0.39 is 0 Å². The number of benzene rings is 1. The molecule has 1 aliphatic heterocycles. The minimum absolute atomic E-state index is 0.166. The van der Waals surface area contributed by atoms with Crippen molar-refractivity contribution in [3.63, 3.8) is 0 Å². The Morgan fingerprint density at radius 2 is 2.20 bits per heavy atom. The molecule has 0 saturated heterocycles. The van der Waals surface area contributed by atoms with Gasteiger partial charge in [0, 0.05) is 12.1 Å². The third-order valence-corrected chi connectivity index (χ3v) is 2.96. The average molecular weight is 272 g/mol. The summed E-state index contributed by atoms with van der Waals surface area (Å²) in [5.41, 5.74) is 0.815. The van der Waals surface area contributed by atoms with Crippen molar-refractivity contribution < 1.29 is 9.47 Å². The molecule has 0 unspecified atom stereocenters. The van der Waals surface area contributed by atoms with Gasteiger partial charge in [0.25, 0.3) is 0 Å². The Labute approximate surface area is 97.9 Å². The zero-order chi connectivity index (χ0) is 11.1. The van der Waals surface area contributed by atoms with Crippen LogP contribution in [0.3, 0.4) is 0 Å². The van der Waals surface area contributed by atoms with Crippen molar-refractivity contribution in [1.82, 2.24) is 0 Å². The van der Waals surface area contributed by atoms with Gasteiger partial charge in [0.05, 0.1) is 23.8 Å². The minimum Gasteiger partial charge on any atom is -0.495 e. The molecule has 2 rings (SSSR count). The van der Waals surface area contributed by atoms with Gasteiger partial charge in [0.15, 0.2) is 0 Å². The van der Waals surface area contributed by atoms with Gasteiger partial charge in [-0.1, -0.05) is 0 Å². The number of halogens is 1. The standard InChI is InChI=1S/C11H14BrNO2/c1-11(2)6-13-8-5-9(14-3)7(12)4-10(8)15-11/h4-5,13H,6H2,1-3H3. The molecule has 0 saturated carbocycles. The highest BCUT2D eigenvalue weighted by atomic mass is 79.9. The Bertz CT molecular complexity index is 390. The number of ether oxygens (including phenoxy) is 2. The molecule has 0 fully saturated rings. The predicted octanol–water partition coefficient (Wildman–Crippen LogP) is 3.04. The predicted molar refractivity (Wildman–Crippen MR) is 63.9 cm³/mol. The molecule has 0 aromatic heterocycles. The molecule has 1 aromatic rings. The second kappa shape index (κ2) is 3.59. The van der Waals surface area contributed by atoms with Crippen LogP contribution in [0.25, 0.3) is 0 Å². The van der Waals surface area contributed by atoms with E-state index >= 15 is 0 Å². The van der Waals surface area contributed by atoms with Gasteiger partial charge in [-0.15, -0.1) is 0 Å². The van der Waals surface area contributed by atoms with E-state index in [0.29, 0.717) is 0 Å². The first-order valence-corrected chi connectivity index (χ1v) is 5.61. The fourth-order valence-corrected chi connectivity index (χ4v) is 2.04. The normalized spacial score (nSPS) is 17.3. The summed E-state index contributed by atoms with van der Waals surface area (Å²) < 4.78 is 12.0. The molecule has 1 aromatic carbocycles. The summed E-state index contributed by atoms with van der Waals surface area (Å²) in [4.78, 5) is 0. The lowest BCUT2D eigenvalue weighted by molar-refractivity contribution is 0.116.